The third kappa shape index (κ3) is 2.33. The van der Waals surface area contributed by atoms with Crippen molar-refractivity contribution in [3.05, 3.63) is 53.5 Å². The number of para-hydroxylation sites is 1. The lowest BCUT2D eigenvalue weighted by Crippen LogP contribution is -2.15. The topological polar surface area (TPSA) is 36.4 Å². The fourth-order valence-electron chi connectivity index (χ4n) is 1.95. The SMILES string of the molecule is Cc1ccccc1N(C)c1ncc(F)cc1CO. The Kier molecular flexibility index (Phi) is 3.58. The van der Waals surface area contributed by atoms with E-state index in [4.69, 9.17) is 0 Å². The molecule has 0 saturated heterocycles. The second-order valence-electron chi connectivity index (χ2n) is 4.14. The fraction of sp³-hybridized carbons (Fsp3) is 0.214. The van der Waals surface area contributed by atoms with E-state index in [1.165, 1.54) is 6.07 Å². The summed E-state index contributed by atoms with van der Waals surface area (Å²) in [6.45, 7) is 1.75. The van der Waals surface area contributed by atoms with E-state index in [1.807, 2.05) is 43.1 Å². The highest BCUT2D eigenvalue weighted by Gasteiger charge is 2.12. The van der Waals surface area contributed by atoms with Crippen molar-refractivity contribution < 1.29 is 9.50 Å². The molecule has 0 amide bonds. The molecule has 0 atom stereocenters. The van der Waals surface area contributed by atoms with E-state index in [9.17, 15) is 9.50 Å². The van der Waals surface area contributed by atoms with Crippen LogP contribution in [0.1, 0.15) is 11.1 Å². The number of hydrogen-bond acceptors (Lipinski definition) is 3. The molecule has 0 unspecified atom stereocenters. The Morgan fingerprint density at radius 3 is 2.72 bits per heavy atom. The zero-order chi connectivity index (χ0) is 13.1. The first-order valence-corrected chi connectivity index (χ1v) is 5.68. The first kappa shape index (κ1) is 12.5. The van der Waals surface area contributed by atoms with Crippen LogP contribution in [0, 0.1) is 12.7 Å². The zero-order valence-electron chi connectivity index (χ0n) is 10.4. The van der Waals surface area contributed by atoms with Gasteiger partial charge < -0.3 is 10.0 Å². The third-order valence-electron chi connectivity index (χ3n) is 2.87. The third-order valence-corrected chi connectivity index (χ3v) is 2.87. The highest BCUT2D eigenvalue weighted by atomic mass is 19.1. The monoisotopic (exact) mass is 246 g/mol. The molecule has 0 aliphatic heterocycles. The number of anilines is 2. The van der Waals surface area contributed by atoms with Gasteiger partial charge in [0.05, 0.1) is 12.8 Å². The van der Waals surface area contributed by atoms with Crippen LogP contribution in [0.5, 0.6) is 0 Å². The van der Waals surface area contributed by atoms with Gasteiger partial charge in [0.2, 0.25) is 0 Å². The molecule has 1 aromatic heterocycles. The van der Waals surface area contributed by atoms with E-state index in [-0.39, 0.29) is 6.61 Å². The standard InChI is InChI=1S/C14H15FN2O/c1-10-5-3-4-6-13(10)17(2)14-11(9-18)7-12(15)8-16-14/h3-8,18H,9H2,1-2H3. The van der Waals surface area contributed by atoms with Gasteiger partial charge in [0.25, 0.3) is 0 Å². The molecule has 18 heavy (non-hydrogen) atoms. The fourth-order valence-corrected chi connectivity index (χ4v) is 1.95. The van der Waals surface area contributed by atoms with Crippen molar-refractivity contribution in [2.75, 3.05) is 11.9 Å². The Hall–Kier alpha value is -1.94. The zero-order valence-corrected chi connectivity index (χ0v) is 10.4. The van der Waals surface area contributed by atoms with Gasteiger partial charge in [-0.2, -0.15) is 0 Å². The summed E-state index contributed by atoms with van der Waals surface area (Å²) < 4.78 is 13.1. The lowest BCUT2D eigenvalue weighted by Gasteiger charge is -2.22. The number of aromatic nitrogens is 1. The van der Waals surface area contributed by atoms with Crippen LogP contribution < -0.4 is 4.90 Å². The van der Waals surface area contributed by atoms with E-state index in [0.717, 1.165) is 17.4 Å². The summed E-state index contributed by atoms with van der Waals surface area (Å²) in [6.07, 6.45) is 1.16. The number of nitrogens with zero attached hydrogens (tertiary/aromatic N) is 2. The maximum atomic E-state index is 13.1. The molecule has 94 valence electrons. The van der Waals surface area contributed by atoms with Gasteiger partial charge in [0.1, 0.15) is 11.6 Å². The molecule has 3 nitrogen and oxygen atoms in total. The molecule has 1 N–H and O–H groups in total. The lowest BCUT2D eigenvalue weighted by molar-refractivity contribution is 0.281. The van der Waals surface area contributed by atoms with Crippen LogP contribution in [0.3, 0.4) is 0 Å². The minimum Gasteiger partial charge on any atom is -0.392 e. The average molecular weight is 246 g/mol. The normalized spacial score (nSPS) is 10.4. The summed E-state index contributed by atoms with van der Waals surface area (Å²) in [5.74, 6) is 0.120. The molecule has 2 aromatic rings. The summed E-state index contributed by atoms with van der Waals surface area (Å²) in [4.78, 5) is 5.90. The molecule has 1 aromatic carbocycles. The van der Waals surface area contributed by atoms with Crippen molar-refractivity contribution in [1.82, 2.24) is 4.98 Å². The Morgan fingerprint density at radius 1 is 1.33 bits per heavy atom. The van der Waals surface area contributed by atoms with Crippen molar-refractivity contribution in [2.24, 2.45) is 0 Å². The molecule has 0 aliphatic rings. The number of halogens is 1. The maximum absolute atomic E-state index is 13.1. The number of rotatable bonds is 3. The van der Waals surface area contributed by atoms with Crippen LogP contribution in [0.2, 0.25) is 0 Å². The van der Waals surface area contributed by atoms with Gasteiger partial charge in [-0.1, -0.05) is 18.2 Å². The molecule has 0 spiro atoms. The van der Waals surface area contributed by atoms with Crippen molar-refractivity contribution in [3.63, 3.8) is 0 Å². The van der Waals surface area contributed by atoms with E-state index in [0.29, 0.717) is 11.4 Å². The molecule has 0 aliphatic carbocycles. The molecule has 4 heteroatoms. The van der Waals surface area contributed by atoms with E-state index < -0.39 is 5.82 Å². The van der Waals surface area contributed by atoms with Gasteiger partial charge in [-0.05, 0) is 24.6 Å². The number of pyridine rings is 1. The van der Waals surface area contributed by atoms with Crippen LogP contribution in [0.25, 0.3) is 0 Å². The van der Waals surface area contributed by atoms with Crippen LogP contribution in [0.4, 0.5) is 15.9 Å². The van der Waals surface area contributed by atoms with Crippen LogP contribution in [-0.4, -0.2) is 17.1 Å². The first-order valence-electron chi connectivity index (χ1n) is 5.68. The van der Waals surface area contributed by atoms with Crippen molar-refractivity contribution in [3.8, 4) is 0 Å². The Bertz CT molecular complexity index is 557. The average Bonchev–Trinajstić information content (AvgIpc) is 2.38. The highest BCUT2D eigenvalue weighted by molar-refractivity contribution is 5.65. The largest absolute Gasteiger partial charge is 0.392 e. The van der Waals surface area contributed by atoms with E-state index in [1.54, 1.807) is 0 Å². The first-order chi connectivity index (χ1) is 8.63. The number of aliphatic hydroxyl groups is 1. The molecule has 1 heterocycles. The summed E-state index contributed by atoms with van der Waals surface area (Å²) >= 11 is 0. The van der Waals surface area contributed by atoms with Crippen LogP contribution in [-0.2, 0) is 6.61 Å². The molecule has 0 fully saturated rings. The summed E-state index contributed by atoms with van der Waals surface area (Å²) in [5.41, 5.74) is 2.54. The summed E-state index contributed by atoms with van der Waals surface area (Å²) in [5, 5.41) is 9.27. The molecule has 0 bridgehead atoms. The minimum absolute atomic E-state index is 0.240. The lowest BCUT2D eigenvalue weighted by atomic mass is 10.1. The Balaban J connectivity index is 2.46. The van der Waals surface area contributed by atoms with Gasteiger partial charge in [-0.25, -0.2) is 9.37 Å². The van der Waals surface area contributed by atoms with Gasteiger partial charge in [0.15, 0.2) is 0 Å². The molecule has 2 rings (SSSR count). The molecule has 0 radical (unpaired) electrons. The number of hydrogen-bond donors (Lipinski definition) is 1. The van der Waals surface area contributed by atoms with Crippen molar-refractivity contribution >= 4 is 11.5 Å². The van der Waals surface area contributed by atoms with Gasteiger partial charge in [-0.3, -0.25) is 0 Å². The van der Waals surface area contributed by atoms with Crippen LogP contribution >= 0.6 is 0 Å². The number of benzene rings is 1. The minimum atomic E-state index is -0.444. The summed E-state index contributed by atoms with van der Waals surface area (Å²) in [7, 11) is 1.85. The van der Waals surface area contributed by atoms with Gasteiger partial charge in [0, 0.05) is 18.3 Å². The summed E-state index contributed by atoms with van der Waals surface area (Å²) in [6, 6.07) is 9.14. The highest BCUT2D eigenvalue weighted by Crippen LogP contribution is 2.27. The smallest absolute Gasteiger partial charge is 0.142 e. The number of aliphatic hydroxyl groups excluding tert-OH is 1. The molecular weight excluding hydrogens is 231 g/mol. The predicted molar refractivity (Wildman–Crippen MR) is 69.4 cm³/mol. The Morgan fingerprint density at radius 2 is 2.06 bits per heavy atom. The molecule has 0 saturated carbocycles. The van der Waals surface area contributed by atoms with Crippen LogP contribution in [0.15, 0.2) is 36.5 Å². The van der Waals surface area contributed by atoms with E-state index in [2.05, 4.69) is 4.98 Å². The molecular formula is C14H15FN2O. The second kappa shape index (κ2) is 5.14. The van der Waals surface area contributed by atoms with Gasteiger partial charge in [-0.15, -0.1) is 0 Å². The van der Waals surface area contributed by atoms with Gasteiger partial charge >= 0.3 is 0 Å². The quantitative estimate of drug-likeness (QED) is 0.904. The van der Waals surface area contributed by atoms with Crippen molar-refractivity contribution in [2.45, 2.75) is 13.5 Å². The number of aryl methyl sites for hydroxylation is 1. The van der Waals surface area contributed by atoms with Crippen molar-refractivity contribution in [1.29, 1.82) is 0 Å². The Labute approximate surface area is 106 Å². The second-order valence-corrected chi connectivity index (χ2v) is 4.14. The predicted octanol–water partition coefficient (Wildman–Crippen LogP) is 2.79. The maximum Gasteiger partial charge on any atom is 0.142 e. The van der Waals surface area contributed by atoms with E-state index >= 15 is 0 Å².